The van der Waals surface area contributed by atoms with Crippen LogP contribution in [0.2, 0.25) is 0 Å². The fourth-order valence-corrected chi connectivity index (χ4v) is 3.65. The molecular formula is C16H19N3O. The summed E-state index contributed by atoms with van der Waals surface area (Å²) in [6, 6.07) is 6.99. The van der Waals surface area contributed by atoms with Gasteiger partial charge in [-0.2, -0.15) is 0 Å². The summed E-state index contributed by atoms with van der Waals surface area (Å²) in [5.74, 6) is 0.664. The molecule has 0 radical (unpaired) electrons. The minimum Gasteiger partial charge on any atom is -0.349 e. The van der Waals surface area contributed by atoms with Gasteiger partial charge in [-0.1, -0.05) is 0 Å². The Morgan fingerprint density at radius 1 is 1.35 bits per heavy atom. The first-order chi connectivity index (χ1) is 9.69. The lowest BCUT2D eigenvalue weighted by Gasteiger charge is -2.23. The summed E-state index contributed by atoms with van der Waals surface area (Å²) in [5, 5.41) is 6.68. The van der Waals surface area contributed by atoms with Crippen LogP contribution >= 0.6 is 0 Å². The molecule has 4 rings (SSSR count). The van der Waals surface area contributed by atoms with Crippen LogP contribution in [0.4, 0.5) is 0 Å². The Kier molecular flexibility index (Phi) is 2.60. The Bertz CT molecular complexity index is 675. The molecule has 2 aromatic rings. The lowest BCUT2D eigenvalue weighted by Crippen LogP contribution is -2.44. The number of pyridine rings is 1. The summed E-state index contributed by atoms with van der Waals surface area (Å²) in [7, 11) is 0. The molecule has 1 saturated carbocycles. The van der Waals surface area contributed by atoms with E-state index in [-0.39, 0.29) is 5.91 Å². The number of nitrogens with one attached hydrogen (secondary N) is 2. The highest BCUT2D eigenvalue weighted by atomic mass is 16.1. The maximum absolute atomic E-state index is 12.4. The van der Waals surface area contributed by atoms with Gasteiger partial charge in [0.25, 0.3) is 5.91 Å². The van der Waals surface area contributed by atoms with Crippen molar-refractivity contribution in [3.63, 3.8) is 0 Å². The van der Waals surface area contributed by atoms with Gasteiger partial charge in [-0.05, 0) is 49.4 Å². The second-order valence-corrected chi connectivity index (χ2v) is 6.18. The molecule has 3 heterocycles. The topological polar surface area (TPSA) is 45.5 Å². The van der Waals surface area contributed by atoms with Crippen LogP contribution in [0.3, 0.4) is 0 Å². The molecule has 2 bridgehead atoms. The Morgan fingerprint density at radius 2 is 2.25 bits per heavy atom. The van der Waals surface area contributed by atoms with Gasteiger partial charge >= 0.3 is 0 Å². The number of fused-ring (bicyclic) bond motifs is 3. The summed E-state index contributed by atoms with van der Waals surface area (Å²) in [6.07, 6.45) is 6.25. The average Bonchev–Trinajstić information content (AvgIpc) is 3.10. The maximum atomic E-state index is 12.4. The Morgan fingerprint density at radius 3 is 3.00 bits per heavy atom. The van der Waals surface area contributed by atoms with E-state index in [1.807, 2.05) is 28.9 Å². The first kappa shape index (κ1) is 12.0. The number of amides is 1. The van der Waals surface area contributed by atoms with Gasteiger partial charge in [-0.25, -0.2) is 0 Å². The van der Waals surface area contributed by atoms with Gasteiger partial charge in [-0.3, -0.25) is 4.79 Å². The van der Waals surface area contributed by atoms with Crippen molar-refractivity contribution in [1.82, 2.24) is 15.0 Å². The molecule has 4 nitrogen and oxygen atoms in total. The fraction of sp³-hybridized carbons (Fsp3) is 0.438. The second kappa shape index (κ2) is 4.35. The van der Waals surface area contributed by atoms with Gasteiger partial charge in [0.15, 0.2) is 0 Å². The molecule has 4 heteroatoms. The maximum Gasteiger partial charge on any atom is 0.253 e. The van der Waals surface area contributed by atoms with Gasteiger partial charge < -0.3 is 15.0 Å². The van der Waals surface area contributed by atoms with Crippen LogP contribution < -0.4 is 10.6 Å². The van der Waals surface area contributed by atoms with Crippen molar-refractivity contribution < 1.29 is 4.79 Å². The van der Waals surface area contributed by atoms with Gasteiger partial charge in [0.05, 0.1) is 5.56 Å². The molecule has 104 valence electrons. The largest absolute Gasteiger partial charge is 0.349 e. The highest BCUT2D eigenvalue weighted by Crippen LogP contribution is 2.31. The highest BCUT2D eigenvalue weighted by Gasteiger charge is 2.40. The normalized spacial score (nSPS) is 28.1. The Hall–Kier alpha value is -1.81. The first-order valence-corrected chi connectivity index (χ1v) is 7.31. The van der Waals surface area contributed by atoms with E-state index < -0.39 is 0 Å². The average molecular weight is 269 g/mol. The number of carbonyl (C=O) groups is 1. The molecule has 1 aliphatic heterocycles. The molecule has 1 aliphatic carbocycles. The SMILES string of the molecule is Cc1cc2ccc(C(=O)NC3CC4CC3CN4)cn2c1. The number of nitrogens with zero attached hydrogens (tertiary/aromatic N) is 1. The molecule has 2 fully saturated rings. The molecule has 2 aliphatic rings. The molecule has 1 amide bonds. The monoisotopic (exact) mass is 269 g/mol. The predicted molar refractivity (Wildman–Crippen MR) is 77.9 cm³/mol. The number of hydrogen-bond donors (Lipinski definition) is 2. The molecule has 0 aromatic carbocycles. The molecule has 2 aromatic heterocycles. The predicted octanol–water partition coefficient (Wildman–Crippen LogP) is 1.73. The summed E-state index contributed by atoms with van der Waals surface area (Å²) in [4.78, 5) is 12.4. The lowest BCUT2D eigenvalue weighted by atomic mass is 10.0. The van der Waals surface area contributed by atoms with Crippen molar-refractivity contribution in [2.75, 3.05) is 6.54 Å². The number of carbonyl (C=O) groups excluding carboxylic acids is 1. The smallest absolute Gasteiger partial charge is 0.253 e. The van der Waals surface area contributed by atoms with Gasteiger partial charge in [0.2, 0.25) is 0 Å². The van der Waals surface area contributed by atoms with Crippen LogP contribution in [0.15, 0.2) is 30.6 Å². The number of aromatic nitrogens is 1. The van der Waals surface area contributed by atoms with Crippen molar-refractivity contribution in [3.8, 4) is 0 Å². The standard InChI is InChI=1S/C16H19N3O/c1-10-4-14-3-2-11(9-19(14)8-10)16(20)18-15-6-13-5-12(15)7-17-13/h2-4,8-9,12-13,15,17H,5-7H2,1H3,(H,18,20). The Labute approximate surface area is 118 Å². The van der Waals surface area contributed by atoms with Crippen molar-refractivity contribution in [1.29, 1.82) is 0 Å². The third kappa shape index (κ3) is 1.91. The van der Waals surface area contributed by atoms with Gasteiger partial charge in [0, 0.05) is 36.5 Å². The van der Waals surface area contributed by atoms with E-state index in [2.05, 4.69) is 23.6 Å². The molecular weight excluding hydrogens is 250 g/mol. The molecule has 2 N–H and O–H groups in total. The zero-order valence-corrected chi connectivity index (χ0v) is 11.6. The fourth-order valence-electron chi connectivity index (χ4n) is 3.65. The third-order valence-electron chi connectivity index (χ3n) is 4.67. The van der Waals surface area contributed by atoms with Crippen molar-refractivity contribution >= 4 is 11.4 Å². The molecule has 1 saturated heterocycles. The van der Waals surface area contributed by atoms with E-state index in [0.29, 0.717) is 18.0 Å². The molecule has 0 spiro atoms. The van der Waals surface area contributed by atoms with E-state index >= 15 is 0 Å². The van der Waals surface area contributed by atoms with Gasteiger partial charge in [0.1, 0.15) is 0 Å². The molecule has 3 unspecified atom stereocenters. The summed E-state index contributed by atoms with van der Waals surface area (Å²) < 4.78 is 2.02. The van der Waals surface area contributed by atoms with E-state index in [1.54, 1.807) is 0 Å². The second-order valence-electron chi connectivity index (χ2n) is 6.18. The minimum absolute atomic E-state index is 0.0517. The highest BCUT2D eigenvalue weighted by molar-refractivity contribution is 5.94. The number of piperidine rings is 1. The van der Waals surface area contributed by atoms with E-state index in [4.69, 9.17) is 0 Å². The zero-order valence-electron chi connectivity index (χ0n) is 11.6. The van der Waals surface area contributed by atoms with E-state index in [9.17, 15) is 4.79 Å². The van der Waals surface area contributed by atoms with Crippen LogP contribution in [0.25, 0.3) is 5.52 Å². The van der Waals surface area contributed by atoms with Crippen molar-refractivity contribution in [3.05, 3.63) is 41.7 Å². The number of rotatable bonds is 2. The van der Waals surface area contributed by atoms with Crippen LogP contribution in [-0.4, -0.2) is 28.9 Å². The number of aryl methyl sites for hydroxylation is 1. The zero-order chi connectivity index (χ0) is 13.7. The number of hydrogen-bond acceptors (Lipinski definition) is 2. The molecule has 3 atom stereocenters. The van der Waals surface area contributed by atoms with Crippen LogP contribution in [0.1, 0.15) is 28.8 Å². The first-order valence-electron chi connectivity index (χ1n) is 7.31. The van der Waals surface area contributed by atoms with E-state index in [0.717, 1.165) is 24.0 Å². The quantitative estimate of drug-likeness (QED) is 0.872. The minimum atomic E-state index is 0.0517. The Balaban J connectivity index is 1.54. The lowest BCUT2D eigenvalue weighted by molar-refractivity contribution is 0.0924. The van der Waals surface area contributed by atoms with Crippen LogP contribution in [0.5, 0.6) is 0 Å². The van der Waals surface area contributed by atoms with Crippen LogP contribution in [-0.2, 0) is 0 Å². The molecule has 20 heavy (non-hydrogen) atoms. The van der Waals surface area contributed by atoms with E-state index in [1.165, 1.54) is 12.0 Å². The third-order valence-corrected chi connectivity index (χ3v) is 4.67. The summed E-state index contributed by atoms with van der Waals surface area (Å²) in [5.41, 5.74) is 3.08. The summed E-state index contributed by atoms with van der Waals surface area (Å²) >= 11 is 0. The van der Waals surface area contributed by atoms with Crippen molar-refractivity contribution in [2.24, 2.45) is 5.92 Å². The summed E-state index contributed by atoms with van der Waals surface area (Å²) in [6.45, 7) is 3.11. The van der Waals surface area contributed by atoms with Crippen molar-refractivity contribution in [2.45, 2.75) is 31.8 Å². The van der Waals surface area contributed by atoms with Crippen LogP contribution in [0, 0.1) is 12.8 Å². The van der Waals surface area contributed by atoms with Gasteiger partial charge in [-0.15, -0.1) is 0 Å².